The Hall–Kier alpha value is -2.13. The first-order valence-corrected chi connectivity index (χ1v) is 6.57. The van der Waals surface area contributed by atoms with Crippen LogP contribution in [0.4, 0.5) is 0 Å². The fourth-order valence-corrected chi connectivity index (χ4v) is 2.26. The molecule has 0 heterocycles. The molecule has 0 aliphatic heterocycles. The minimum atomic E-state index is -0.738. The molecule has 2 rings (SSSR count). The number of ether oxygens (including phenoxy) is 1. The van der Waals surface area contributed by atoms with Gasteiger partial charge in [-0.3, -0.25) is 4.79 Å². The van der Waals surface area contributed by atoms with Gasteiger partial charge in [0.1, 0.15) is 0 Å². The lowest BCUT2D eigenvalue weighted by molar-refractivity contribution is -0.141. The number of hydrogen-bond donors (Lipinski definition) is 1. The Morgan fingerprint density at radius 2 is 1.50 bits per heavy atom. The third-order valence-electron chi connectivity index (χ3n) is 3.36. The van der Waals surface area contributed by atoms with Crippen LogP contribution in [-0.4, -0.2) is 18.2 Å². The second-order valence-corrected chi connectivity index (χ2v) is 4.65. The van der Waals surface area contributed by atoms with Crippen LogP contribution < -0.4 is 0 Å². The fraction of sp³-hybridized carbons (Fsp3) is 0.235. The highest BCUT2D eigenvalue weighted by molar-refractivity contribution is 5.70. The predicted octanol–water partition coefficient (Wildman–Crippen LogP) is 3.07. The molecule has 20 heavy (non-hydrogen) atoms. The van der Waals surface area contributed by atoms with Crippen molar-refractivity contribution in [2.24, 2.45) is 0 Å². The van der Waals surface area contributed by atoms with Crippen molar-refractivity contribution in [1.29, 1.82) is 0 Å². The smallest absolute Gasteiger partial charge is 0.306 e. The number of carbonyl (C=O) groups excluding carboxylic acids is 1. The van der Waals surface area contributed by atoms with Gasteiger partial charge >= 0.3 is 5.97 Å². The summed E-state index contributed by atoms with van der Waals surface area (Å²) in [5.41, 5.74) is 1.72. The molecular weight excluding hydrogens is 252 g/mol. The summed E-state index contributed by atoms with van der Waals surface area (Å²) in [6, 6.07) is 18.9. The number of aliphatic hydroxyl groups excluding tert-OH is 1. The minimum absolute atomic E-state index is 0.149. The average molecular weight is 270 g/mol. The van der Waals surface area contributed by atoms with Gasteiger partial charge in [0.15, 0.2) is 0 Å². The zero-order valence-electron chi connectivity index (χ0n) is 11.4. The van der Waals surface area contributed by atoms with Gasteiger partial charge in [-0.2, -0.15) is 0 Å². The van der Waals surface area contributed by atoms with Crippen molar-refractivity contribution in [1.82, 2.24) is 0 Å². The van der Waals surface area contributed by atoms with Crippen molar-refractivity contribution < 1.29 is 14.6 Å². The lowest BCUT2D eigenvalue weighted by Gasteiger charge is -2.23. The first kappa shape index (κ1) is 14.3. The molecule has 0 radical (unpaired) electrons. The monoisotopic (exact) mass is 270 g/mol. The molecule has 104 valence electrons. The quantitative estimate of drug-likeness (QED) is 0.849. The largest absolute Gasteiger partial charge is 0.469 e. The molecule has 0 saturated carbocycles. The molecule has 0 saturated heterocycles. The number of methoxy groups -OCH3 is 1. The summed E-state index contributed by atoms with van der Waals surface area (Å²) < 4.78 is 4.74. The van der Waals surface area contributed by atoms with Gasteiger partial charge in [-0.05, 0) is 11.1 Å². The number of benzene rings is 2. The lowest BCUT2D eigenvalue weighted by atomic mass is 9.87. The second-order valence-electron chi connectivity index (χ2n) is 4.65. The van der Waals surface area contributed by atoms with E-state index in [0.717, 1.165) is 11.1 Å². The van der Waals surface area contributed by atoms with Gasteiger partial charge in [0.2, 0.25) is 0 Å². The molecule has 2 unspecified atom stereocenters. The standard InChI is InChI=1S/C17H18O3/c1-20-16(18)12-15(13-8-4-2-5-9-13)17(19)14-10-6-3-7-11-14/h2-11,15,17,19H,12H2,1H3. The van der Waals surface area contributed by atoms with Crippen molar-refractivity contribution in [3.8, 4) is 0 Å². The van der Waals surface area contributed by atoms with Crippen LogP contribution in [0.2, 0.25) is 0 Å². The molecule has 0 fully saturated rings. The van der Waals surface area contributed by atoms with Crippen LogP contribution in [0.1, 0.15) is 29.6 Å². The van der Waals surface area contributed by atoms with E-state index in [1.165, 1.54) is 7.11 Å². The van der Waals surface area contributed by atoms with Crippen LogP contribution in [0, 0.1) is 0 Å². The fourth-order valence-electron chi connectivity index (χ4n) is 2.26. The Morgan fingerprint density at radius 3 is 2.00 bits per heavy atom. The molecule has 2 atom stereocenters. The van der Waals surface area contributed by atoms with Crippen molar-refractivity contribution >= 4 is 5.97 Å². The maximum Gasteiger partial charge on any atom is 0.306 e. The zero-order chi connectivity index (χ0) is 14.4. The first-order chi connectivity index (χ1) is 9.72. The van der Waals surface area contributed by atoms with E-state index in [-0.39, 0.29) is 18.3 Å². The van der Waals surface area contributed by atoms with Crippen molar-refractivity contribution in [3.63, 3.8) is 0 Å². The van der Waals surface area contributed by atoms with E-state index in [4.69, 9.17) is 4.74 Å². The topological polar surface area (TPSA) is 46.5 Å². The van der Waals surface area contributed by atoms with Gasteiger partial charge in [-0.25, -0.2) is 0 Å². The molecule has 0 aliphatic carbocycles. The summed E-state index contributed by atoms with van der Waals surface area (Å²) in [7, 11) is 1.36. The third kappa shape index (κ3) is 3.45. The number of esters is 1. The van der Waals surface area contributed by atoms with E-state index in [9.17, 15) is 9.90 Å². The van der Waals surface area contributed by atoms with Crippen LogP contribution >= 0.6 is 0 Å². The van der Waals surface area contributed by atoms with Crippen LogP contribution in [0.25, 0.3) is 0 Å². The van der Waals surface area contributed by atoms with Crippen LogP contribution in [-0.2, 0) is 9.53 Å². The molecular formula is C17H18O3. The molecule has 3 heteroatoms. The van der Waals surface area contributed by atoms with E-state index in [1.54, 1.807) is 0 Å². The lowest BCUT2D eigenvalue weighted by Crippen LogP contribution is -2.16. The molecule has 2 aromatic carbocycles. The Balaban J connectivity index is 2.29. The highest BCUT2D eigenvalue weighted by atomic mass is 16.5. The van der Waals surface area contributed by atoms with Crippen molar-refractivity contribution in [3.05, 3.63) is 71.8 Å². The summed E-state index contributed by atoms with van der Waals surface area (Å²) in [5, 5.41) is 10.6. The van der Waals surface area contributed by atoms with E-state index >= 15 is 0 Å². The molecule has 0 amide bonds. The number of aliphatic hydroxyl groups is 1. The summed E-state index contributed by atoms with van der Waals surface area (Å²) in [6.45, 7) is 0. The Kier molecular flexibility index (Phi) is 4.91. The van der Waals surface area contributed by atoms with Gasteiger partial charge in [-0.15, -0.1) is 0 Å². The van der Waals surface area contributed by atoms with E-state index in [1.807, 2.05) is 60.7 Å². The molecule has 0 aliphatic rings. The Morgan fingerprint density at radius 1 is 1.00 bits per heavy atom. The second kappa shape index (κ2) is 6.87. The summed E-state index contributed by atoms with van der Waals surface area (Å²) in [6.07, 6.45) is -0.589. The average Bonchev–Trinajstić information content (AvgIpc) is 2.53. The van der Waals surface area contributed by atoms with Crippen molar-refractivity contribution in [2.75, 3.05) is 7.11 Å². The molecule has 0 bridgehead atoms. The van der Waals surface area contributed by atoms with Crippen LogP contribution in [0.15, 0.2) is 60.7 Å². The predicted molar refractivity (Wildman–Crippen MR) is 77.2 cm³/mol. The summed E-state index contributed by atoms with van der Waals surface area (Å²) >= 11 is 0. The third-order valence-corrected chi connectivity index (χ3v) is 3.36. The SMILES string of the molecule is COC(=O)CC(c1ccccc1)C(O)c1ccccc1. The normalized spacial score (nSPS) is 13.5. The maximum absolute atomic E-state index is 11.6. The molecule has 1 N–H and O–H groups in total. The van der Waals surface area contributed by atoms with E-state index < -0.39 is 6.10 Å². The Labute approximate surface area is 118 Å². The maximum atomic E-state index is 11.6. The minimum Gasteiger partial charge on any atom is -0.469 e. The van der Waals surface area contributed by atoms with Crippen LogP contribution in [0.3, 0.4) is 0 Å². The number of hydrogen-bond acceptors (Lipinski definition) is 3. The number of carbonyl (C=O) groups is 1. The summed E-state index contributed by atoms with van der Waals surface area (Å²) in [4.78, 5) is 11.6. The van der Waals surface area contributed by atoms with Gasteiger partial charge in [0, 0.05) is 5.92 Å². The van der Waals surface area contributed by atoms with Gasteiger partial charge in [-0.1, -0.05) is 60.7 Å². The van der Waals surface area contributed by atoms with Crippen molar-refractivity contribution in [2.45, 2.75) is 18.4 Å². The van der Waals surface area contributed by atoms with Crippen LogP contribution in [0.5, 0.6) is 0 Å². The Bertz CT molecular complexity index is 537. The zero-order valence-corrected chi connectivity index (χ0v) is 11.4. The summed E-state index contributed by atoms with van der Waals surface area (Å²) in [5.74, 6) is -0.639. The van der Waals surface area contributed by atoms with Gasteiger partial charge in [0.05, 0.1) is 19.6 Å². The van der Waals surface area contributed by atoms with Gasteiger partial charge < -0.3 is 9.84 Å². The van der Waals surface area contributed by atoms with Gasteiger partial charge in [0.25, 0.3) is 0 Å². The van der Waals surface area contributed by atoms with E-state index in [0.29, 0.717) is 0 Å². The number of rotatable bonds is 5. The molecule has 0 spiro atoms. The molecule has 0 aromatic heterocycles. The highest BCUT2D eigenvalue weighted by Crippen LogP contribution is 2.33. The molecule has 2 aromatic rings. The first-order valence-electron chi connectivity index (χ1n) is 6.57. The molecule has 3 nitrogen and oxygen atoms in total. The highest BCUT2D eigenvalue weighted by Gasteiger charge is 2.25. The van der Waals surface area contributed by atoms with E-state index in [2.05, 4.69) is 0 Å².